The van der Waals surface area contributed by atoms with E-state index in [0.29, 0.717) is 0 Å². The van der Waals surface area contributed by atoms with Crippen molar-refractivity contribution in [2.75, 3.05) is 0 Å². The largest absolute Gasteiger partial charge is 0.368 e. The van der Waals surface area contributed by atoms with Crippen molar-refractivity contribution >= 4 is 33.4 Å². The van der Waals surface area contributed by atoms with Crippen molar-refractivity contribution in [1.29, 1.82) is 0 Å². The lowest BCUT2D eigenvalue weighted by molar-refractivity contribution is -0.119. The number of amides is 1. The van der Waals surface area contributed by atoms with E-state index in [1.54, 1.807) is 0 Å². The molecule has 0 heterocycles. The summed E-state index contributed by atoms with van der Waals surface area (Å²) in [5.74, 6) is -0.460. The molecule has 0 saturated carbocycles. The topological polar surface area (TPSA) is 43.1 Å². The molecule has 17 heavy (non-hydrogen) atoms. The Kier molecular flexibility index (Phi) is 5.02. The summed E-state index contributed by atoms with van der Waals surface area (Å²) in [5, 5.41) is -0.682. The molecule has 0 spiro atoms. The predicted molar refractivity (Wildman–Crippen MR) is 75.2 cm³/mol. The van der Waals surface area contributed by atoms with Crippen molar-refractivity contribution in [2.45, 2.75) is 37.5 Å². The lowest BCUT2D eigenvalue weighted by atomic mass is 9.73. The number of benzene rings is 1. The maximum Gasteiger partial charge on any atom is 0.236 e. The van der Waals surface area contributed by atoms with Gasteiger partial charge in [0.1, 0.15) is 5.38 Å². The number of hydrogen-bond donors (Lipinski definition) is 1. The quantitative estimate of drug-likeness (QED) is 0.828. The van der Waals surface area contributed by atoms with Crippen LogP contribution in [0, 0.1) is 0 Å². The summed E-state index contributed by atoms with van der Waals surface area (Å²) in [6, 6.07) is 7.91. The fourth-order valence-electron chi connectivity index (χ4n) is 2.22. The average molecular weight is 319 g/mol. The Hall–Kier alpha value is -0.540. The van der Waals surface area contributed by atoms with E-state index >= 15 is 0 Å². The molecule has 0 aliphatic carbocycles. The third-order valence-corrected chi connectivity index (χ3v) is 4.58. The van der Waals surface area contributed by atoms with Crippen LogP contribution in [0.3, 0.4) is 0 Å². The van der Waals surface area contributed by atoms with Gasteiger partial charge in [-0.3, -0.25) is 4.79 Å². The number of primary amides is 1. The normalized spacial score (nSPS) is 13.4. The van der Waals surface area contributed by atoms with Crippen LogP contribution in [0.25, 0.3) is 0 Å². The number of nitrogens with two attached hydrogens (primary N) is 1. The van der Waals surface area contributed by atoms with Gasteiger partial charge in [-0.15, -0.1) is 11.6 Å². The molecular weight excluding hydrogens is 302 g/mol. The van der Waals surface area contributed by atoms with Gasteiger partial charge in [0, 0.05) is 9.89 Å². The van der Waals surface area contributed by atoms with Crippen LogP contribution in [-0.4, -0.2) is 11.3 Å². The summed E-state index contributed by atoms with van der Waals surface area (Å²) >= 11 is 9.62. The molecule has 0 aromatic heterocycles. The summed E-state index contributed by atoms with van der Waals surface area (Å²) in [6.07, 6.45) is 1.56. The minimum atomic E-state index is -0.682. The van der Waals surface area contributed by atoms with Crippen molar-refractivity contribution in [3.63, 3.8) is 0 Å². The minimum Gasteiger partial charge on any atom is -0.368 e. The maximum atomic E-state index is 11.4. The smallest absolute Gasteiger partial charge is 0.236 e. The standard InChI is InChI=1S/C13H17BrClNO/c1-3-13(4-2,11(15)12(16)17)9-5-7-10(14)8-6-9/h5-8,11H,3-4H2,1-2H3,(H2,16,17). The number of rotatable bonds is 5. The molecule has 1 aromatic rings. The SMILES string of the molecule is CCC(CC)(c1ccc(Br)cc1)C(Cl)C(N)=O. The van der Waals surface area contributed by atoms with E-state index < -0.39 is 11.3 Å². The average Bonchev–Trinajstić information content (AvgIpc) is 2.33. The fraction of sp³-hybridized carbons (Fsp3) is 0.462. The maximum absolute atomic E-state index is 11.4. The van der Waals surface area contributed by atoms with Crippen LogP contribution in [0.5, 0.6) is 0 Å². The number of halogens is 2. The van der Waals surface area contributed by atoms with Gasteiger partial charge in [0.25, 0.3) is 0 Å². The number of carbonyl (C=O) groups is 1. The van der Waals surface area contributed by atoms with Crippen LogP contribution < -0.4 is 5.73 Å². The highest BCUT2D eigenvalue weighted by molar-refractivity contribution is 9.10. The Morgan fingerprint density at radius 1 is 1.35 bits per heavy atom. The van der Waals surface area contributed by atoms with E-state index in [0.717, 1.165) is 22.9 Å². The lowest BCUT2D eigenvalue weighted by Gasteiger charge is -2.35. The first-order chi connectivity index (χ1) is 7.97. The second-order valence-electron chi connectivity index (χ2n) is 4.14. The van der Waals surface area contributed by atoms with Crippen molar-refractivity contribution in [3.05, 3.63) is 34.3 Å². The third-order valence-electron chi connectivity index (χ3n) is 3.42. The number of hydrogen-bond acceptors (Lipinski definition) is 1. The van der Waals surface area contributed by atoms with Gasteiger partial charge in [-0.1, -0.05) is 41.9 Å². The third kappa shape index (κ3) is 2.83. The van der Waals surface area contributed by atoms with Crippen LogP contribution in [0.1, 0.15) is 32.3 Å². The molecule has 94 valence electrons. The molecule has 0 saturated heterocycles. The predicted octanol–water partition coefficient (Wildman–Crippen LogP) is 3.60. The highest BCUT2D eigenvalue weighted by atomic mass is 79.9. The van der Waals surface area contributed by atoms with Gasteiger partial charge in [-0.25, -0.2) is 0 Å². The van der Waals surface area contributed by atoms with E-state index in [1.165, 1.54) is 0 Å². The Balaban J connectivity index is 3.24. The van der Waals surface area contributed by atoms with Crippen molar-refractivity contribution < 1.29 is 4.79 Å². The Bertz CT molecular complexity index is 387. The first-order valence-corrected chi connectivity index (χ1v) is 6.90. The molecule has 1 atom stereocenters. The molecular formula is C13H17BrClNO. The van der Waals surface area contributed by atoms with E-state index in [4.69, 9.17) is 17.3 Å². The van der Waals surface area contributed by atoms with Crippen LogP contribution in [0.15, 0.2) is 28.7 Å². The van der Waals surface area contributed by atoms with Crippen LogP contribution in [0.4, 0.5) is 0 Å². The monoisotopic (exact) mass is 317 g/mol. The first-order valence-electron chi connectivity index (χ1n) is 5.67. The van der Waals surface area contributed by atoms with Gasteiger partial charge < -0.3 is 5.73 Å². The second kappa shape index (κ2) is 5.87. The molecule has 1 unspecified atom stereocenters. The van der Waals surface area contributed by atoms with E-state index in [-0.39, 0.29) is 5.41 Å². The number of carbonyl (C=O) groups excluding carboxylic acids is 1. The number of alkyl halides is 1. The molecule has 1 amide bonds. The zero-order valence-electron chi connectivity index (χ0n) is 10.0. The Labute approximate surface area is 116 Å². The first kappa shape index (κ1) is 14.5. The fourth-order valence-corrected chi connectivity index (χ4v) is 2.92. The van der Waals surface area contributed by atoms with Crippen LogP contribution >= 0.6 is 27.5 Å². The summed E-state index contributed by atoms with van der Waals surface area (Å²) in [5.41, 5.74) is 6.04. The highest BCUT2D eigenvalue weighted by Gasteiger charge is 2.39. The zero-order valence-corrected chi connectivity index (χ0v) is 12.4. The van der Waals surface area contributed by atoms with Crippen molar-refractivity contribution in [3.8, 4) is 0 Å². The van der Waals surface area contributed by atoms with Crippen molar-refractivity contribution in [2.24, 2.45) is 5.73 Å². The van der Waals surface area contributed by atoms with Gasteiger partial charge in [0.2, 0.25) is 5.91 Å². The molecule has 4 heteroatoms. The molecule has 2 N–H and O–H groups in total. The van der Waals surface area contributed by atoms with Crippen LogP contribution in [-0.2, 0) is 10.2 Å². The summed E-state index contributed by atoms with van der Waals surface area (Å²) < 4.78 is 1.01. The summed E-state index contributed by atoms with van der Waals surface area (Å²) in [7, 11) is 0. The van der Waals surface area contributed by atoms with Gasteiger partial charge in [-0.2, -0.15) is 0 Å². The zero-order chi connectivity index (χ0) is 13.1. The highest BCUT2D eigenvalue weighted by Crippen LogP contribution is 2.38. The van der Waals surface area contributed by atoms with Gasteiger partial charge >= 0.3 is 0 Å². The van der Waals surface area contributed by atoms with E-state index in [1.807, 2.05) is 38.1 Å². The molecule has 0 fully saturated rings. The molecule has 0 radical (unpaired) electrons. The molecule has 0 aliphatic heterocycles. The molecule has 0 aliphatic rings. The lowest BCUT2D eigenvalue weighted by Crippen LogP contribution is -2.43. The Morgan fingerprint density at radius 2 is 1.82 bits per heavy atom. The van der Waals surface area contributed by atoms with Gasteiger partial charge in [0.15, 0.2) is 0 Å². The minimum absolute atomic E-state index is 0.381. The summed E-state index contributed by atoms with van der Waals surface area (Å²) in [4.78, 5) is 11.4. The van der Waals surface area contributed by atoms with E-state index in [2.05, 4.69) is 15.9 Å². The van der Waals surface area contributed by atoms with Gasteiger partial charge in [0.05, 0.1) is 0 Å². The van der Waals surface area contributed by atoms with E-state index in [9.17, 15) is 4.79 Å². The molecule has 2 nitrogen and oxygen atoms in total. The summed E-state index contributed by atoms with van der Waals surface area (Å²) in [6.45, 7) is 4.06. The van der Waals surface area contributed by atoms with Gasteiger partial charge in [-0.05, 0) is 30.5 Å². The van der Waals surface area contributed by atoms with Crippen molar-refractivity contribution in [1.82, 2.24) is 0 Å². The Morgan fingerprint density at radius 3 is 2.18 bits per heavy atom. The van der Waals surface area contributed by atoms with Crippen LogP contribution in [0.2, 0.25) is 0 Å². The second-order valence-corrected chi connectivity index (χ2v) is 5.49. The molecule has 0 bridgehead atoms. The molecule has 1 aromatic carbocycles. The molecule has 1 rings (SSSR count).